The number of aryl methyl sites for hydroxylation is 2. The van der Waals surface area contributed by atoms with Gasteiger partial charge in [-0.1, -0.05) is 54.1 Å². The maximum atomic E-state index is 9.79. The van der Waals surface area contributed by atoms with E-state index in [2.05, 4.69) is 75.8 Å². The van der Waals surface area contributed by atoms with Crippen LogP contribution in [0.1, 0.15) is 47.6 Å². The highest BCUT2D eigenvalue weighted by Crippen LogP contribution is 2.21. The second-order valence-electron chi connectivity index (χ2n) is 8.57. The number of piperidine rings is 1. The highest BCUT2D eigenvalue weighted by atomic mass is 16.3. The minimum atomic E-state index is -0.131. The monoisotopic (exact) mass is 419 g/mol. The van der Waals surface area contributed by atoms with Crippen LogP contribution in [0.4, 0.5) is 0 Å². The Kier molecular flexibility index (Phi) is 7.46. The van der Waals surface area contributed by atoms with Gasteiger partial charge in [-0.25, -0.2) is 4.98 Å². The summed E-state index contributed by atoms with van der Waals surface area (Å²) in [4.78, 5) is 6.51. The van der Waals surface area contributed by atoms with Crippen LogP contribution in [-0.4, -0.2) is 44.0 Å². The molecule has 1 fully saturated rings. The predicted molar refractivity (Wildman–Crippen MR) is 122 cm³/mol. The van der Waals surface area contributed by atoms with Gasteiger partial charge in [0.05, 0.1) is 6.10 Å². The van der Waals surface area contributed by atoms with Crippen LogP contribution in [0, 0.1) is 6.92 Å². The lowest BCUT2D eigenvalue weighted by Gasteiger charge is -2.30. The molecule has 1 saturated heterocycles. The largest absolute Gasteiger partial charge is 0.393 e. The van der Waals surface area contributed by atoms with Crippen LogP contribution in [0.2, 0.25) is 0 Å². The summed E-state index contributed by atoms with van der Waals surface area (Å²) in [5.74, 6) is 0. The van der Waals surface area contributed by atoms with E-state index in [0.29, 0.717) is 0 Å². The summed E-state index contributed by atoms with van der Waals surface area (Å²) >= 11 is 0. The van der Waals surface area contributed by atoms with Gasteiger partial charge in [0.25, 0.3) is 0 Å². The first-order valence-corrected chi connectivity index (χ1v) is 11.3. The van der Waals surface area contributed by atoms with E-state index in [4.69, 9.17) is 0 Å². The van der Waals surface area contributed by atoms with Crippen molar-refractivity contribution < 1.29 is 5.11 Å². The zero-order valence-electron chi connectivity index (χ0n) is 18.3. The summed E-state index contributed by atoms with van der Waals surface area (Å²) in [6.45, 7) is 6.64. The van der Waals surface area contributed by atoms with E-state index < -0.39 is 0 Å². The van der Waals surface area contributed by atoms with Crippen molar-refractivity contribution in [3.8, 4) is 0 Å². The number of nitrogens with one attached hydrogen (secondary N) is 1. The van der Waals surface area contributed by atoms with Crippen LogP contribution in [-0.2, 0) is 19.6 Å². The molecule has 2 heterocycles. The number of hydrogen-bond acceptors (Lipinski definition) is 5. The van der Waals surface area contributed by atoms with E-state index in [1.807, 2.05) is 4.68 Å². The average Bonchev–Trinajstić information content (AvgIpc) is 3.31. The summed E-state index contributed by atoms with van der Waals surface area (Å²) in [5.41, 5.74) is 5.28. The molecular formula is C25H33N5O. The van der Waals surface area contributed by atoms with E-state index in [1.54, 1.807) is 12.7 Å². The number of aliphatic hydroxyl groups is 1. The Bertz CT molecular complexity index is 917. The van der Waals surface area contributed by atoms with Gasteiger partial charge < -0.3 is 10.4 Å². The Hall–Kier alpha value is -2.54. The second kappa shape index (κ2) is 10.7. The van der Waals surface area contributed by atoms with Crippen LogP contribution in [0.15, 0.2) is 61.2 Å². The van der Waals surface area contributed by atoms with Gasteiger partial charge in [-0.05, 0) is 42.9 Å². The van der Waals surface area contributed by atoms with Crippen molar-refractivity contribution >= 4 is 0 Å². The quantitative estimate of drug-likeness (QED) is 0.556. The highest BCUT2D eigenvalue weighted by Gasteiger charge is 2.18. The Labute approximate surface area is 184 Å². The molecule has 0 spiro atoms. The molecule has 1 aliphatic rings. The zero-order valence-corrected chi connectivity index (χ0v) is 18.3. The van der Waals surface area contributed by atoms with Crippen LogP contribution >= 0.6 is 0 Å². The topological polar surface area (TPSA) is 66.2 Å². The molecule has 2 N–H and O–H groups in total. The number of likely N-dealkylation sites (tertiary alicyclic amines) is 1. The third kappa shape index (κ3) is 6.23. The van der Waals surface area contributed by atoms with E-state index in [9.17, 15) is 5.11 Å². The molecule has 1 aromatic heterocycles. The van der Waals surface area contributed by atoms with Gasteiger partial charge in [0.1, 0.15) is 12.7 Å². The Morgan fingerprint density at radius 3 is 2.52 bits per heavy atom. The summed E-state index contributed by atoms with van der Waals surface area (Å²) in [7, 11) is 0. The Morgan fingerprint density at radius 1 is 1.06 bits per heavy atom. The molecular weight excluding hydrogens is 386 g/mol. The maximum absolute atomic E-state index is 9.79. The van der Waals surface area contributed by atoms with E-state index in [0.717, 1.165) is 52.0 Å². The molecule has 0 saturated carbocycles. The summed E-state index contributed by atoms with van der Waals surface area (Å²) < 4.78 is 1.89. The van der Waals surface area contributed by atoms with Gasteiger partial charge in [-0.15, -0.1) is 0 Å². The number of aromatic nitrogens is 3. The lowest BCUT2D eigenvalue weighted by atomic mass is 10.0. The number of nitrogens with zero attached hydrogens (tertiary/aromatic N) is 4. The molecule has 0 bridgehead atoms. The molecule has 0 radical (unpaired) electrons. The SMILES string of the molecule is Cc1ccc([C@H](CCn2cncn2)NCc2ccccc2CN2CCC(O)CC2)cc1. The maximum Gasteiger partial charge on any atom is 0.137 e. The normalized spacial score (nSPS) is 16.5. The summed E-state index contributed by atoms with van der Waals surface area (Å²) in [6, 6.07) is 17.7. The lowest BCUT2D eigenvalue weighted by molar-refractivity contribution is 0.0791. The fourth-order valence-corrected chi connectivity index (χ4v) is 4.23. The molecule has 164 valence electrons. The second-order valence-corrected chi connectivity index (χ2v) is 8.57. The summed E-state index contributed by atoms with van der Waals surface area (Å²) in [5, 5.41) is 17.8. The molecule has 0 amide bonds. The first kappa shape index (κ1) is 21.7. The van der Waals surface area contributed by atoms with Gasteiger partial charge in [-0.2, -0.15) is 5.10 Å². The zero-order chi connectivity index (χ0) is 21.5. The number of aliphatic hydroxyl groups excluding tert-OH is 1. The van der Waals surface area contributed by atoms with Gasteiger partial charge in [-0.3, -0.25) is 9.58 Å². The van der Waals surface area contributed by atoms with E-state index in [-0.39, 0.29) is 12.1 Å². The van der Waals surface area contributed by atoms with E-state index in [1.165, 1.54) is 22.3 Å². The first-order valence-electron chi connectivity index (χ1n) is 11.3. The van der Waals surface area contributed by atoms with Crippen LogP contribution in [0.3, 0.4) is 0 Å². The number of hydrogen-bond donors (Lipinski definition) is 2. The molecule has 1 atom stereocenters. The molecule has 6 heteroatoms. The van der Waals surface area contributed by atoms with Crippen molar-refractivity contribution in [1.29, 1.82) is 0 Å². The predicted octanol–water partition coefficient (Wildman–Crippen LogP) is 3.46. The van der Waals surface area contributed by atoms with Crippen molar-refractivity contribution in [2.45, 2.75) is 58.0 Å². The van der Waals surface area contributed by atoms with Crippen molar-refractivity contribution in [2.24, 2.45) is 0 Å². The molecule has 0 unspecified atom stereocenters. The molecule has 2 aromatic carbocycles. The van der Waals surface area contributed by atoms with Crippen LogP contribution < -0.4 is 5.32 Å². The summed E-state index contributed by atoms with van der Waals surface area (Å²) in [6.07, 6.45) is 5.92. The number of benzene rings is 2. The van der Waals surface area contributed by atoms with Gasteiger partial charge in [0.15, 0.2) is 0 Å². The third-order valence-corrected chi connectivity index (χ3v) is 6.20. The van der Waals surface area contributed by atoms with Gasteiger partial charge >= 0.3 is 0 Å². The molecule has 0 aliphatic carbocycles. The Morgan fingerprint density at radius 2 is 1.81 bits per heavy atom. The third-order valence-electron chi connectivity index (χ3n) is 6.20. The fourth-order valence-electron chi connectivity index (χ4n) is 4.23. The Balaban J connectivity index is 1.43. The molecule has 1 aliphatic heterocycles. The van der Waals surface area contributed by atoms with Gasteiger partial charge in [0, 0.05) is 38.8 Å². The van der Waals surface area contributed by atoms with Crippen molar-refractivity contribution in [3.05, 3.63) is 83.4 Å². The molecule has 4 rings (SSSR count). The van der Waals surface area contributed by atoms with Crippen LogP contribution in [0.25, 0.3) is 0 Å². The van der Waals surface area contributed by atoms with E-state index >= 15 is 0 Å². The van der Waals surface area contributed by atoms with Crippen LogP contribution in [0.5, 0.6) is 0 Å². The highest BCUT2D eigenvalue weighted by molar-refractivity contribution is 5.28. The minimum absolute atomic E-state index is 0.131. The molecule has 3 aromatic rings. The molecule has 6 nitrogen and oxygen atoms in total. The standard InChI is InChI=1S/C25H33N5O/c1-20-6-8-21(9-7-20)25(12-15-30-19-26-18-28-30)27-16-22-4-2-3-5-23(22)17-29-13-10-24(31)11-14-29/h2-9,18-19,24-25,27,31H,10-17H2,1H3/t25-/m0/s1. The average molecular weight is 420 g/mol. The minimum Gasteiger partial charge on any atom is -0.393 e. The van der Waals surface area contributed by atoms with Crippen molar-refractivity contribution in [1.82, 2.24) is 25.0 Å². The van der Waals surface area contributed by atoms with Crippen molar-refractivity contribution in [3.63, 3.8) is 0 Å². The first-order chi connectivity index (χ1) is 15.2. The van der Waals surface area contributed by atoms with Gasteiger partial charge in [0.2, 0.25) is 0 Å². The fraction of sp³-hybridized carbons (Fsp3) is 0.440. The molecule has 31 heavy (non-hydrogen) atoms. The number of rotatable bonds is 9. The van der Waals surface area contributed by atoms with Crippen molar-refractivity contribution in [2.75, 3.05) is 13.1 Å². The smallest absolute Gasteiger partial charge is 0.137 e. The lowest BCUT2D eigenvalue weighted by Crippen LogP contribution is -2.35.